The zero-order chi connectivity index (χ0) is 15.2. The molecule has 2 atom stereocenters. The third-order valence-electron chi connectivity index (χ3n) is 4.36. The van der Waals surface area contributed by atoms with Crippen LogP contribution in [-0.4, -0.2) is 35.7 Å². The Morgan fingerprint density at radius 1 is 1.24 bits per heavy atom. The number of carbonyl (C=O) groups is 2. The van der Waals surface area contributed by atoms with Crippen molar-refractivity contribution in [1.82, 2.24) is 4.90 Å². The Kier molecular flexibility index (Phi) is 5.51. The number of hydrogen-bond acceptors (Lipinski definition) is 3. The number of amides is 1. The van der Waals surface area contributed by atoms with E-state index in [0.717, 1.165) is 37.9 Å². The predicted octanol–water partition coefficient (Wildman–Crippen LogP) is 2.24. The van der Waals surface area contributed by atoms with Crippen LogP contribution in [0.5, 0.6) is 0 Å². The lowest BCUT2D eigenvalue weighted by Gasteiger charge is -2.36. The van der Waals surface area contributed by atoms with Gasteiger partial charge in [0.15, 0.2) is 5.78 Å². The van der Waals surface area contributed by atoms with Crippen LogP contribution in [0.2, 0.25) is 0 Å². The van der Waals surface area contributed by atoms with Gasteiger partial charge in [0.2, 0.25) is 5.91 Å². The number of carbonyl (C=O) groups excluding carboxylic acids is 2. The first-order valence-corrected chi connectivity index (χ1v) is 7.69. The summed E-state index contributed by atoms with van der Waals surface area (Å²) in [6.45, 7) is 3.76. The number of nitrogens with zero attached hydrogens (tertiary/aromatic N) is 1. The van der Waals surface area contributed by atoms with Crippen molar-refractivity contribution in [1.29, 1.82) is 0 Å². The van der Waals surface area contributed by atoms with E-state index in [4.69, 9.17) is 5.73 Å². The first kappa shape index (κ1) is 15.7. The second-order valence-electron chi connectivity index (χ2n) is 5.91. The molecule has 0 aliphatic carbocycles. The van der Waals surface area contributed by atoms with Crippen LogP contribution in [0.4, 0.5) is 0 Å². The molecule has 2 rings (SSSR count). The Balaban J connectivity index is 1.79. The maximum atomic E-state index is 12.0. The highest BCUT2D eigenvalue weighted by Gasteiger charge is 2.28. The average molecular weight is 288 g/mol. The van der Waals surface area contributed by atoms with Gasteiger partial charge < -0.3 is 5.73 Å². The van der Waals surface area contributed by atoms with Crippen molar-refractivity contribution in [3.05, 3.63) is 35.9 Å². The van der Waals surface area contributed by atoms with E-state index in [1.807, 2.05) is 30.3 Å². The van der Waals surface area contributed by atoms with Crippen molar-refractivity contribution < 1.29 is 9.59 Å². The molecule has 0 bridgehead atoms. The van der Waals surface area contributed by atoms with E-state index >= 15 is 0 Å². The van der Waals surface area contributed by atoms with Crippen LogP contribution in [0.1, 0.15) is 43.0 Å². The standard InChI is InChI=1S/C17H24N2O2/c1-13-9-10-15(17(18)21)12-19(13)11-5-8-16(20)14-6-3-2-4-7-14/h2-4,6-7,13,15H,5,8-12H2,1H3,(H2,18,21). The summed E-state index contributed by atoms with van der Waals surface area (Å²) in [6, 6.07) is 9.86. The van der Waals surface area contributed by atoms with Crippen molar-refractivity contribution in [2.45, 2.75) is 38.6 Å². The van der Waals surface area contributed by atoms with Crippen LogP contribution >= 0.6 is 0 Å². The fraction of sp³-hybridized carbons (Fsp3) is 0.529. The Morgan fingerprint density at radius 3 is 2.62 bits per heavy atom. The molecule has 1 aromatic rings. The SMILES string of the molecule is CC1CCC(C(N)=O)CN1CCCC(=O)c1ccccc1. The van der Waals surface area contributed by atoms with E-state index in [-0.39, 0.29) is 17.6 Å². The minimum Gasteiger partial charge on any atom is -0.369 e. The van der Waals surface area contributed by atoms with E-state index in [0.29, 0.717) is 12.5 Å². The molecule has 0 spiro atoms. The zero-order valence-corrected chi connectivity index (χ0v) is 12.6. The molecule has 1 aliphatic rings. The number of ketones is 1. The first-order chi connectivity index (χ1) is 10.1. The molecule has 1 amide bonds. The van der Waals surface area contributed by atoms with Crippen LogP contribution in [-0.2, 0) is 4.79 Å². The largest absolute Gasteiger partial charge is 0.369 e. The van der Waals surface area contributed by atoms with Crippen LogP contribution in [0.3, 0.4) is 0 Å². The molecule has 2 N–H and O–H groups in total. The van der Waals surface area contributed by atoms with Gasteiger partial charge in [0, 0.05) is 24.6 Å². The maximum Gasteiger partial charge on any atom is 0.221 e. The van der Waals surface area contributed by atoms with Crippen LogP contribution in [0.25, 0.3) is 0 Å². The maximum absolute atomic E-state index is 12.0. The van der Waals surface area contributed by atoms with Crippen molar-refractivity contribution >= 4 is 11.7 Å². The van der Waals surface area contributed by atoms with Crippen LogP contribution in [0, 0.1) is 5.92 Å². The average Bonchev–Trinajstić information content (AvgIpc) is 2.49. The molecular weight excluding hydrogens is 264 g/mol. The molecule has 1 aromatic carbocycles. The van der Waals surface area contributed by atoms with Gasteiger partial charge >= 0.3 is 0 Å². The second kappa shape index (κ2) is 7.36. The van der Waals surface area contributed by atoms with Gasteiger partial charge in [0.25, 0.3) is 0 Å². The molecule has 0 saturated carbocycles. The molecule has 1 heterocycles. The number of benzene rings is 1. The van der Waals surface area contributed by atoms with Gasteiger partial charge in [0.05, 0.1) is 5.92 Å². The molecule has 4 nitrogen and oxygen atoms in total. The minimum absolute atomic E-state index is 0.0361. The van der Waals surface area contributed by atoms with Gasteiger partial charge in [-0.2, -0.15) is 0 Å². The number of likely N-dealkylation sites (tertiary alicyclic amines) is 1. The number of primary amides is 1. The van der Waals surface area contributed by atoms with Crippen molar-refractivity contribution in [3.63, 3.8) is 0 Å². The summed E-state index contributed by atoms with van der Waals surface area (Å²) in [6.07, 6.45) is 3.26. The summed E-state index contributed by atoms with van der Waals surface area (Å²) < 4.78 is 0. The molecule has 114 valence electrons. The Bertz CT molecular complexity index is 487. The number of nitrogens with two attached hydrogens (primary N) is 1. The summed E-state index contributed by atoms with van der Waals surface area (Å²) in [7, 11) is 0. The summed E-state index contributed by atoms with van der Waals surface area (Å²) in [5.74, 6) is -0.0509. The monoisotopic (exact) mass is 288 g/mol. The zero-order valence-electron chi connectivity index (χ0n) is 12.6. The van der Waals surface area contributed by atoms with Gasteiger partial charge in [-0.25, -0.2) is 0 Å². The second-order valence-corrected chi connectivity index (χ2v) is 5.91. The van der Waals surface area contributed by atoms with Gasteiger partial charge in [-0.05, 0) is 32.7 Å². The number of piperidine rings is 1. The predicted molar refractivity (Wildman–Crippen MR) is 83.0 cm³/mol. The van der Waals surface area contributed by atoms with Gasteiger partial charge in [-0.3, -0.25) is 14.5 Å². The summed E-state index contributed by atoms with van der Waals surface area (Å²) in [5.41, 5.74) is 6.19. The fourth-order valence-electron chi connectivity index (χ4n) is 2.93. The quantitative estimate of drug-likeness (QED) is 0.816. The van der Waals surface area contributed by atoms with E-state index < -0.39 is 0 Å². The molecular formula is C17H24N2O2. The van der Waals surface area contributed by atoms with E-state index in [1.54, 1.807) is 0 Å². The molecule has 4 heteroatoms. The molecule has 1 fully saturated rings. The highest BCUT2D eigenvalue weighted by molar-refractivity contribution is 5.95. The summed E-state index contributed by atoms with van der Waals surface area (Å²) in [4.78, 5) is 25.7. The minimum atomic E-state index is -0.202. The van der Waals surface area contributed by atoms with E-state index in [9.17, 15) is 9.59 Å². The molecule has 0 aromatic heterocycles. The number of rotatable bonds is 6. The number of Topliss-reactive ketones (excluding diaryl/α,β-unsaturated/α-hetero) is 1. The highest BCUT2D eigenvalue weighted by atomic mass is 16.1. The molecule has 2 unspecified atom stereocenters. The van der Waals surface area contributed by atoms with E-state index in [2.05, 4.69) is 11.8 Å². The smallest absolute Gasteiger partial charge is 0.221 e. The Hall–Kier alpha value is -1.68. The summed E-state index contributed by atoms with van der Waals surface area (Å²) in [5, 5.41) is 0. The van der Waals surface area contributed by atoms with Gasteiger partial charge in [-0.1, -0.05) is 30.3 Å². The lowest BCUT2D eigenvalue weighted by Crippen LogP contribution is -2.46. The Morgan fingerprint density at radius 2 is 1.95 bits per heavy atom. The van der Waals surface area contributed by atoms with Gasteiger partial charge in [-0.15, -0.1) is 0 Å². The molecule has 21 heavy (non-hydrogen) atoms. The van der Waals surface area contributed by atoms with Crippen LogP contribution < -0.4 is 5.73 Å². The number of hydrogen-bond donors (Lipinski definition) is 1. The van der Waals surface area contributed by atoms with Gasteiger partial charge in [0.1, 0.15) is 0 Å². The van der Waals surface area contributed by atoms with Crippen LogP contribution in [0.15, 0.2) is 30.3 Å². The van der Waals surface area contributed by atoms with Crippen molar-refractivity contribution in [2.75, 3.05) is 13.1 Å². The first-order valence-electron chi connectivity index (χ1n) is 7.69. The normalized spacial score (nSPS) is 22.9. The lowest BCUT2D eigenvalue weighted by molar-refractivity contribution is -0.123. The fourth-order valence-corrected chi connectivity index (χ4v) is 2.93. The van der Waals surface area contributed by atoms with Crippen molar-refractivity contribution in [2.24, 2.45) is 11.7 Å². The summed E-state index contributed by atoms with van der Waals surface area (Å²) >= 11 is 0. The lowest BCUT2D eigenvalue weighted by atomic mass is 9.92. The third kappa shape index (κ3) is 4.39. The molecule has 1 aliphatic heterocycles. The third-order valence-corrected chi connectivity index (χ3v) is 4.36. The molecule has 1 saturated heterocycles. The highest BCUT2D eigenvalue weighted by Crippen LogP contribution is 2.22. The Labute approximate surface area is 126 Å². The van der Waals surface area contributed by atoms with Crippen molar-refractivity contribution in [3.8, 4) is 0 Å². The topological polar surface area (TPSA) is 63.4 Å². The molecule has 0 radical (unpaired) electrons. The van der Waals surface area contributed by atoms with E-state index in [1.165, 1.54) is 0 Å².